The normalized spacial score (nSPS) is 16.3. The zero-order valence-corrected chi connectivity index (χ0v) is 14.5. The van der Waals surface area contributed by atoms with Gasteiger partial charge in [-0.3, -0.25) is 4.79 Å². The van der Waals surface area contributed by atoms with Crippen molar-refractivity contribution in [3.05, 3.63) is 34.5 Å². The fraction of sp³-hybridized carbons (Fsp3) is 0.444. The molecule has 1 aliphatic carbocycles. The number of hydrogen-bond acceptors (Lipinski definition) is 4. The topological polar surface area (TPSA) is 68.5 Å². The highest BCUT2D eigenvalue weighted by Crippen LogP contribution is 2.28. The molecule has 1 N–H and O–H groups in total. The summed E-state index contributed by atoms with van der Waals surface area (Å²) in [6.45, 7) is 3.33. The number of carbonyl (C=O) groups is 2. The summed E-state index contributed by atoms with van der Waals surface area (Å²) in [6.07, 6.45) is 3.35. The number of amides is 1. The minimum Gasteiger partial charge on any atom is -0.449 e. The van der Waals surface area contributed by atoms with Crippen LogP contribution in [0.4, 0.5) is 0 Å². The Hall–Kier alpha value is -2.01. The van der Waals surface area contributed by atoms with Gasteiger partial charge in [-0.25, -0.2) is 4.79 Å². The van der Waals surface area contributed by atoms with Crippen LogP contribution >= 0.6 is 11.6 Å². The third-order valence-electron chi connectivity index (χ3n) is 4.44. The van der Waals surface area contributed by atoms with Crippen LogP contribution in [0, 0.1) is 6.92 Å². The van der Waals surface area contributed by atoms with Gasteiger partial charge in [0.1, 0.15) is 5.58 Å². The van der Waals surface area contributed by atoms with E-state index in [0.29, 0.717) is 16.2 Å². The minimum atomic E-state index is -0.866. The molecule has 0 spiro atoms. The smallest absolute Gasteiger partial charge is 0.375 e. The molecule has 24 heavy (non-hydrogen) atoms. The lowest BCUT2D eigenvalue weighted by molar-refractivity contribution is -0.129. The molecule has 3 rings (SSSR count). The molecule has 0 radical (unpaired) electrons. The summed E-state index contributed by atoms with van der Waals surface area (Å²) in [6, 6.07) is 5.33. The van der Waals surface area contributed by atoms with Gasteiger partial charge < -0.3 is 14.5 Å². The number of aryl methyl sites for hydroxylation is 1. The molecule has 0 bridgehead atoms. The molecule has 5 nitrogen and oxygen atoms in total. The van der Waals surface area contributed by atoms with Gasteiger partial charge in [0, 0.05) is 22.0 Å². The number of halogens is 1. The lowest BCUT2D eigenvalue weighted by atomic mass is 10.1. The number of furan rings is 1. The third kappa shape index (κ3) is 3.41. The molecule has 1 aliphatic rings. The van der Waals surface area contributed by atoms with Crippen LogP contribution < -0.4 is 5.32 Å². The summed E-state index contributed by atoms with van der Waals surface area (Å²) in [5.41, 5.74) is 1.22. The third-order valence-corrected chi connectivity index (χ3v) is 4.67. The maximum atomic E-state index is 12.3. The summed E-state index contributed by atoms with van der Waals surface area (Å²) in [5.74, 6) is -0.811. The zero-order valence-electron chi connectivity index (χ0n) is 13.7. The van der Waals surface area contributed by atoms with E-state index in [9.17, 15) is 9.59 Å². The van der Waals surface area contributed by atoms with Crippen molar-refractivity contribution < 1.29 is 18.7 Å². The highest BCUT2D eigenvalue weighted by atomic mass is 35.5. The van der Waals surface area contributed by atoms with Crippen molar-refractivity contribution in [3.8, 4) is 0 Å². The Balaban J connectivity index is 1.70. The van der Waals surface area contributed by atoms with Gasteiger partial charge in [0.25, 0.3) is 5.91 Å². The molecular formula is C18H20ClNO4. The van der Waals surface area contributed by atoms with Crippen molar-refractivity contribution in [3.63, 3.8) is 0 Å². The summed E-state index contributed by atoms with van der Waals surface area (Å²) in [5, 5.41) is 4.25. The molecule has 6 heteroatoms. The SMILES string of the molecule is Cc1c(C(=O)O[C@@H](C)C(=O)NC2CCCC2)oc2ccc(Cl)cc12. The Bertz CT molecular complexity index is 777. The first-order valence-corrected chi connectivity index (χ1v) is 8.53. The fourth-order valence-corrected chi connectivity index (χ4v) is 3.22. The number of fused-ring (bicyclic) bond motifs is 1. The van der Waals surface area contributed by atoms with Crippen LogP contribution in [-0.2, 0) is 9.53 Å². The zero-order chi connectivity index (χ0) is 17.3. The van der Waals surface area contributed by atoms with E-state index in [1.54, 1.807) is 32.0 Å². The Morgan fingerprint density at radius 3 is 2.75 bits per heavy atom. The number of hydrogen-bond donors (Lipinski definition) is 1. The standard InChI is InChI=1S/C18H20ClNO4/c1-10-14-9-12(19)7-8-15(14)24-16(10)18(22)23-11(2)17(21)20-13-5-3-4-6-13/h7-9,11,13H,3-6H2,1-2H3,(H,20,21)/t11-/m0/s1. The molecule has 0 aliphatic heterocycles. The highest BCUT2D eigenvalue weighted by Gasteiger charge is 2.26. The van der Waals surface area contributed by atoms with E-state index in [4.69, 9.17) is 20.8 Å². The van der Waals surface area contributed by atoms with Crippen LogP contribution in [0.3, 0.4) is 0 Å². The van der Waals surface area contributed by atoms with Crippen LogP contribution in [-0.4, -0.2) is 24.0 Å². The Morgan fingerprint density at radius 1 is 1.33 bits per heavy atom. The van der Waals surface area contributed by atoms with Gasteiger partial charge in [0.2, 0.25) is 5.76 Å². The Morgan fingerprint density at radius 2 is 2.04 bits per heavy atom. The number of benzene rings is 1. The molecule has 1 aromatic heterocycles. The maximum Gasteiger partial charge on any atom is 0.375 e. The quantitative estimate of drug-likeness (QED) is 0.847. The molecule has 1 heterocycles. The summed E-state index contributed by atoms with van der Waals surface area (Å²) in [4.78, 5) is 24.5. The molecule has 1 amide bonds. The molecule has 1 atom stereocenters. The first-order valence-electron chi connectivity index (χ1n) is 8.15. The molecule has 1 fully saturated rings. The number of nitrogens with one attached hydrogen (secondary N) is 1. The van der Waals surface area contributed by atoms with Crippen molar-refractivity contribution in [1.82, 2.24) is 5.32 Å². The minimum absolute atomic E-state index is 0.104. The maximum absolute atomic E-state index is 12.3. The van der Waals surface area contributed by atoms with E-state index in [1.807, 2.05) is 0 Å². The van der Waals surface area contributed by atoms with E-state index in [2.05, 4.69) is 5.32 Å². The Kier molecular flexibility index (Phi) is 4.81. The summed E-state index contributed by atoms with van der Waals surface area (Å²) >= 11 is 5.98. The number of carbonyl (C=O) groups excluding carboxylic acids is 2. The van der Waals surface area contributed by atoms with Gasteiger partial charge >= 0.3 is 5.97 Å². The second kappa shape index (κ2) is 6.85. The molecule has 0 unspecified atom stereocenters. The van der Waals surface area contributed by atoms with Crippen LogP contribution in [0.25, 0.3) is 11.0 Å². The summed E-state index contributed by atoms with van der Waals surface area (Å²) < 4.78 is 10.8. The predicted molar refractivity (Wildman–Crippen MR) is 91.2 cm³/mol. The second-order valence-electron chi connectivity index (χ2n) is 6.23. The van der Waals surface area contributed by atoms with Crippen molar-refractivity contribution in [1.29, 1.82) is 0 Å². The fourth-order valence-electron chi connectivity index (χ4n) is 3.04. The molecule has 1 saturated carbocycles. The van der Waals surface area contributed by atoms with E-state index in [1.165, 1.54) is 0 Å². The van der Waals surface area contributed by atoms with Gasteiger partial charge in [0.15, 0.2) is 6.10 Å². The lowest BCUT2D eigenvalue weighted by Gasteiger charge is -2.16. The molecule has 0 saturated heterocycles. The molecule has 128 valence electrons. The number of ether oxygens (including phenoxy) is 1. The van der Waals surface area contributed by atoms with Crippen LogP contribution in [0.15, 0.2) is 22.6 Å². The average molecular weight is 350 g/mol. The molecule has 2 aromatic rings. The van der Waals surface area contributed by atoms with Gasteiger partial charge in [-0.2, -0.15) is 0 Å². The van der Waals surface area contributed by atoms with Gasteiger partial charge in [-0.1, -0.05) is 24.4 Å². The predicted octanol–water partition coefficient (Wildman–Crippen LogP) is 4.00. The van der Waals surface area contributed by atoms with Crippen molar-refractivity contribution >= 4 is 34.4 Å². The van der Waals surface area contributed by atoms with Gasteiger partial charge in [-0.05, 0) is 44.9 Å². The lowest BCUT2D eigenvalue weighted by Crippen LogP contribution is -2.40. The number of esters is 1. The van der Waals surface area contributed by atoms with E-state index in [-0.39, 0.29) is 17.7 Å². The first-order chi connectivity index (χ1) is 11.5. The van der Waals surface area contributed by atoms with E-state index in [0.717, 1.165) is 31.1 Å². The van der Waals surface area contributed by atoms with Crippen molar-refractivity contribution in [2.75, 3.05) is 0 Å². The first kappa shape index (κ1) is 16.8. The Labute approximate surface area is 145 Å². The van der Waals surface area contributed by atoms with E-state index < -0.39 is 12.1 Å². The van der Waals surface area contributed by atoms with Crippen LogP contribution in [0.1, 0.15) is 48.7 Å². The summed E-state index contributed by atoms with van der Waals surface area (Å²) in [7, 11) is 0. The van der Waals surface area contributed by atoms with Gasteiger partial charge in [-0.15, -0.1) is 0 Å². The van der Waals surface area contributed by atoms with Crippen molar-refractivity contribution in [2.45, 2.75) is 51.7 Å². The number of rotatable bonds is 4. The van der Waals surface area contributed by atoms with Crippen LogP contribution in [0.2, 0.25) is 5.02 Å². The second-order valence-corrected chi connectivity index (χ2v) is 6.67. The van der Waals surface area contributed by atoms with Gasteiger partial charge in [0.05, 0.1) is 0 Å². The monoisotopic (exact) mass is 349 g/mol. The largest absolute Gasteiger partial charge is 0.449 e. The molecular weight excluding hydrogens is 330 g/mol. The van der Waals surface area contributed by atoms with Crippen molar-refractivity contribution in [2.24, 2.45) is 0 Å². The highest BCUT2D eigenvalue weighted by molar-refractivity contribution is 6.31. The average Bonchev–Trinajstić information content (AvgIpc) is 3.16. The van der Waals surface area contributed by atoms with Crippen LogP contribution in [0.5, 0.6) is 0 Å². The van der Waals surface area contributed by atoms with E-state index >= 15 is 0 Å². The molecule has 1 aromatic carbocycles.